The van der Waals surface area contributed by atoms with Crippen LogP contribution in [0.4, 0.5) is 5.82 Å². The summed E-state index contributed by atoms with van der Waals surface area (Å²) in [6.07, 6.45) is 8.87. The van der Waals surface area contributed by atoms with Crippen LogP contribution in [-0.4, -0.2) is 33.4 Å². The lowest BCUT2D eigenvalue weighted by Gasteiger charge is -2.12. The molecule has 26 heavy (non-hydrogen) atoms. The van der Waals surface area contributed by atoms with Gasteiger partial charge in [0, 0.05) is 35.8 Å². The van der Waals surface area contributed by atoms with Crippen molar-refractivity contribution in [2.45, 2.75) is 38.1 Å². The van der Waals surface area contributed by atoms with Gasteiger partial charge >= 0.3 is 0 Å². The first-order chi connectivity index (χ1) is 12.8. The minimum Gasteiger partial charge on any atom is -0.370 e. The Morgan fingerprint density at radius 2 is 2.04 bits per heavy atom. The highest BCUT2D eigenvalue weighted by Crippen LogP contribution is 2.19. The maximum atomic E-state index is 12.3. The number of aromatic amines is 1. The number of benzene rings is 1. The molecule has 1 aliphatic rings. The highest BCUT2D eigenvalue weighted by Gasteiger charge is 2.18. The minimum atomic E-state index is -0.112. The quantitative estimate of drug-likeness (QED) is 0.638. The van der Waals surface area contributed by atoms with Crippen molar-refractivity contribution in [3.05, 3.63) is 54.1 Å². The zero-order valence-corrected chi connectivity index (χ0v) is 14.7. The first-order valence-electron chi connectivity index (χ1n) is 9.21. The molecule has 6 nitrogen and oxygen atoms in total. The van der Waals surface area contributed by atoms with Crippen molar-refractivity contribution in [3.8, 4) is 0 Å². The van der Waals surface area contributed by atoms with Crippen LogP contribution in [0.25, 0.3) is 10.9 Å². The lowest BCUT2D eigenvalue weighted by molar-refractivity contribution is 0.0932. The van der Waals surface area contributed by atoms with Gasteiger partial charge < -0.3 is 15.6 Å². The number of carbonyl (C=O) groups excluding carboxylic acids is 1. The van der Waals surface area contributed by atoms with E-state index < -0.39 is 0 Å². The average Bonchev–Trinajstić information content (AvgIpc) is 3.32. The summed E-state index contributed by atoms with van der Waals surface area (Å²) >= 11 is 0. The molecule has 0 radical (unpaired) electrons. The van der Waals surface area contributed by atoms with Crippen molar-refractivity contribution in [1.29, 1.82) is 0 Å². The smallest absolute Gasteiger partial charge is 0.270 e. The molecule has 134 valence electrons. The Balaban J connectivity index is 1.35. The fourth-order valence-electron chi connectivity index (χ4n) is 3.57. The van der Waals surface area contributed by atoms with Crippen molar-refractivity contribution in [2.24, 2.45) is 0 Å². The van der Waals surface area contributed by atoms with E-state index in [2.05, 4.69) is 37.7 Å². The molecule has 1 fully saturated rings. The zero-order valence-electron chi connectivity index (χ0n) is 14.7. The zero-order chi connectivity index (χ0) is 17.8. The summed E-state index contributed by atoms with van der Waals surface area (Å²) in [6, 6.07) is 10.3. The molecular weight excluding hydrogens is 326 g/mol. The van der Waals surface area contributed by atoms with Crippen molar-refractivity contribution >= 4 is 22.6 Å². The SMILES string of the molecule is O=C(NC1CCCC1)c1cc(NCCc2c[nH]c3ccccc23)ncn1. The maximum Gasteiger partial charge on any atom is 0.270 e. The first-order valence-corrected chi connectivity index (χ1v) is 9.21. The van der Waals surface area contributed by atoms with Gasteiger partial charge in [-0.3, -0.25) is 4.79 Å². The van der Waals surface area contributed by atoms with Gasteiger partial charge in [-0.25, -0.2) is 9.97 Å². The summed E-state index contributed by atoms with van der Waals surface area (Å²) < 4.78 is 0. The van der Waals surface area contributed by atoms with Gasteiger partial charge in [0.25, 0.3) is 5.91 Å². The molecule has 6 heteroatoms. The molecule has 1 aliphatic carbocycles. The highest BCUT2D eigenvalue weighted by atomic mass is 16.1. The number of carbonyl (C=O) groups is 1. The molecule has 0 saturated heterocycles. The van der Waals surface area contributed by atoms with Crippen LogP contribution in [-0.2, 0) is 6.42 Å². The third-order valence-electron chi connectivity index (χ3n) is 4.97. The van der Waals surface area contributed by atoms with Gasteiger partial charge in [-0.1, -0.05) is 31.0 Å². The lowest BCUT2D eigenvalue weighted by Crippen LogP contribution is -2.33. The normalized spacial score (nSPS) is 14.6. The van der Waals surface area contributed by atoms with Crippen LogP contribution < -0.4 is 10.6 Å². The fraction of sp³-hybridized carbons (Fsp3) is 0.350. The molecule has 3 aromatic rings. The van der Waals surface area contributed by atoms with E-state index in [9.17, 15) is 4.79 Å². The van der Waals surface area contributed by atoms with Gasteiger partial charge in [-0.15, -0.1) is 0 Å². The van der Waals surface area contributed by atoms with Gasteiger partial charge in [-0.2, -0.15) is 0 Å². The average molecular weight is 349 g/mol. The van der Waals surface area contributed by atoms with Crippen LogP contribution in [0.1, 0.15) is 41.7 Å². The summed E-state index contributed by atoms with van der Waals surface area (Å²) in [5.41, 5.74) is 2.83. The second-order valence-corrected chi connectivity index (χ2v) is 6.78. The standard InChI is InChI=1S/C20H23N5O/c26-20(25-15-5-1-2-6-15)18-11-19(24-13-23-18)21-10-9-14-12-22-17-8-4-3-7-16(14)17/h3-4,7-8,11-13,15,22H,1-2,5-6,9-10H2,(H,25,26)(H,21,23,24). The number of para-hydroxylation sites is 1. The molecule has 0 atom stereocenters. The Labute approximate surface area is 152 Å². The van der Waals surface area contributed by atoms with Crippen molar-refractivity contribution in [2.75, 3.05) is 11.9 Å². The number of hydrogen-bond acceptors (Lipinski definition) is 4. The van der Waals surface area contributed by atoms with E-state index >= 15 is 0 Å². The van der Waals surface area contributed by atoms with E-state index in [4.69, 9.17) is 0 Å². The molecule has 0 bridgehead atoms. The minimum absolute atomic E-state index is 0.112. The molecule has 4 rings (SSSR count). The number of anilines is 1. The van der Waals surface area contributed by atoms with Crippen molar-refractivity contribution in [3.63, 3.8) is 0 Å². The Kier molecular flexibility index (Phi) is 4.82. The van der Waals surface area contributed by atoms with E-state index in [-0.39, 0.29) is 11.9 Å². The Morgan fingerprint density at radius 1 is 1.19 bits per heavy atom. The van der Waals surface area contributed by atoms with Crippen LogP contribution in [0.15, 0.2) is 42.9 Å². The molecule has 3 N–H and O–H groups in total. The number of fused-ring (bicyclic) bond motifs is 1. The Bertz CT molecular complexity index is 898. The highest BCUT2D eigenvalue weighted by molar-refractivity contribution is 5.93. The number of amides is 1. The molecule has 0 spiro atoms. The van der Waals surface area contributed by atoms with E-state index in [0.29, 0.717) is 11.5 Å². The molecule has 1 amide bonds. The molecular formula is C20H23N5O. The molecule has 1 saturated carbocycles. The number of H-pyrrole nitrogens is 1. The fourth-order valence-corrected chi connectivity index (χ4v) is 3.57. The van der Waals surface area contributed by atoms with E-state index in [1.54, 1.807) is 6.07 Å². The number of nitrogens with zero attached hydrogens (tertiary/aromatic N) is 2. The number of aromatic nitrogens is 3. The molecule has 1 aromatic carbocycles. The Hall–Kier alpha value is -2.89. The van der Waals surface area contributed by atoms with Gasteiger partial charge in [0.2, 0.25) is 0 Å². The van der Waals surface area contributed by atoms with E-state index in [1.807, 2.05) is 18.3 Å². The molecule has 0 aliphatic heterocycles. The van der Waals surface area contributed by atoms with Crippen LogP contribution in [0.5, 0.6) is 0 Å². The van der Waals surface area contributed by atoms with Gasteiger partial charge in [0.15, 0.2) is 0 Å². The number of rotatable bonds is 6. The third-order valence-corrected chi connectivity index (χ3v) is 4.97. The monoisotopic (exact) mass is 349 g/mol. The van der Waals surface area contributed by atoms with Crippen LogP contribution in [0.3, 0.4) is 0 Å². The number of hydrogen-bond donors (Lipinski definition) is 3. The van der Waals surface area contributed by atoms with Gasteiger partial charge in [0.1, 0.15) is 17.8 Å². The van der Waals surface area contributed by atoms with Crippen molar-refractivity contribution in [1.82, 2.24) is 20.3 Å². The Morgan fingerprint density at radius 3 is 2.92 bits per heavy atom. The summed E-state index contributed by atoms with van der Waals surface area (Å²) in [5, 5.41) is 7.60. The van der Waals surface area contributed by atoms with E-state index in [0.717, 1.165) is 31.3 Å². The van der Waals surface area contributed by atoms with Crippen LogP contribution in [0.2, 0.25) is 0 Å². The summed E-state index contributed by atoms with van der Waals surface area (Å²) in [5.74, 6) is 0.565. The predicted molar refractivity (Wildman–Crippen MR) is 102 cm³/mol. The maximum absolute atomic E-state index is 12.3. The molecule has 2 heterocycles. The summed E-state index contributed by atoms with van der Waals surface area (Å²) in [4.78, 5) is 24.0. The van der Waals surface area contributed by atoms with Crippen LogP contribution in [0, 0.1) is 0 Å². The van der Waals surface area contributed by atoms with Crippen molar-refractivity contribution < 1.29 is 4.79 Å². The second-order valence-electron chi connectivity index (χ2n) is 6.78. The largest absolute Gasteiger partial charge is 0.370 e. The topological polar surface area (TPSA) is 82.7 Å². The summed E-state index contributed by atoms with van der Waals surface area (Å²) in [7, 11) is 0. The molecule has 0 unspecified atom stereocenters. The van der Waals surface area contributed by atoms with Gasteiger partial charge in [0.05, 0.1) is 0 Å². The van der Waals surface area contributed by atoms with E-state index in [1.165, 1.54) is 30.1 Å². The molecule has 2 aromatic heterocycles. The lowest BCUT2D eigenvalue weighted by atomic mass is 10.1. The van der Waals surface area contributed by atoms with Gasteiger partial charge in [-0.05, 0) is 30.9 Å². The second kappa shape index (κ2) is 7.56. The number of nitrogens with one attached hydrogen (secondary N) is 3. The first kappa shape index (κ1) is 16.6. The summed E-state index contributed by atoms with van der Waals surface area (Å²) in [6.45, 7) is 0.739. The predicted octanol–water partition coefficient (Wildman–Crippen LogP) is 3.28. The van der Waals surface area contributed by atoms with Crippen LogP contribution >= 0.6 is 0 Å². The third kappa shape index (κ3) is 3.69.